The quantitative estimate of drug-likeness (QED) is 0.452. The summed E-state index contributed by atoms with van der Waals surface area (Å²) in [6, 6.07) is 17.1. The molecule has 0 atom stereocenters. The second-order valence-corrected chi connectivity index (χ2v) is 6.91. The van der Waals surface area contributed by atoms with Gasteiger partial charge in [-0.1, -0.05) is 60.1 Å². The number of benzene rings is 2. The molecule has 2 amide bonds. The minimum Gasteiger partial charge on any atom is -0.360 e. The van der Waals surface area contributed by atoms with Gasteiger partial charge in [0.15, 0.2) is 0 Å². The van der Waals surface area contributed by atoms with E-state index in [-0.39, 0.29) is 10.7 Å². The number of halogens is 1. The lowest BCUT2D eigenvalue weighted by molar-refractivity contribution is 0.0847. The van der Waals surface area contributed by atoms with Gasteiger partial charge in [0.05, 0.1) is 17.8 Å². The van der Waals surface area contributed by atoms with Crippen LogP contribution < -0.4 is 10.9 Å². The van der Waals surface area contributed by atoms with E-state index in [9.17, 15) is 9.59 Å². The smallest absolute Gasteiger partial charge is 0.274 e. The van der Waals surface area contributed by atoms with E-state index in [1.165, 1.54) is 0 Å². The molecule has 2 aromatic carbocycles. The Labute approximate surface area is 171 Å². The zero-order valence-electron chi connectivity index (χ0n) is 15.6. The zero-order valence-corrected chi connectivity index (χ0v) is 16.3. The fourth-order valence-corrected chi connectivity index (χ4v) is 3.50. The van der Waals surface area contributed by atoms with Crippen molar-refractivity contribution in [2.45, 2.75) is 13.5 Å². The number of carbonyl (C=O) groups excluding carboxylic acids is 2. The molecule has 0 fully saturated rings. The van der Waals surface area contributed by atoms with Crippen molar-refractivity contribution in [3.05, 3.63) is 88.3 Å². The van der Waals surface area contributed by atoms with Crippen molar-refractivity contribution in [2.75, 3.05) is 0 Å². The highest BCUT2D eigenvalue weighted by atomic mass is 35.5. The Morgan fingerprint density at radius 3 is 2.52 bits per heavy atom. The Morgan fingerprint density at radius 1 is 1.03 bits per heavy atom. The first-order valence-electron chi connectivity index (χ1n) is 8.98. The van der Waals surface area contributed by atoms with Crippen molar-refractivity contribution in [3.63, 3.8) is 0 Å². The average Bonchev–Trinajstić information content (AvgIpc) is 3.28. The predicted molar refractivity (Wildman–Crippen MR) is 111 cm³/mol. The lowest BCUT2D eigenvalue weighted by Crippen LogP contribution is -2.41. The van der Waals surface area contributed by atoms with Gasteiger partial charge in [0, 0.05) is 17.1 Å². The number of amides is 2. The minimum absolute atomic E-state index is 0.213. The Balaban J connectivity index is 1.48. The molecule has 0 bridgehead atoms. The number of aromatic amines is 1. The molecule has 0 radical (unpaired) electrons. The molecule has 4 rings (SSSR count). The van der Waals surface area contributed by atoms with Crippen molar-refractivity contribution in [1.82, 2.24) is 25.6 Å². The Hall–Kier alpha value is -3.58. The van der Waals surface area contributed by atoms with Crippen LogP contribution in [0.25, 0.3) is 10.9 Å². The highest BCUT2D eigenvalue weighted by Crippen LogP contribution is 2.21. The second kappa shape index (κ2) is 7.81. The molecule has 0 spiro atoms. The van der Waals surface area contributed by atoms with Crippen LogP contribution in [0.3, 0.4) is 0 Å². The molecule has 0 aliphatic carbocycles. The molecular weight excluding hydrogens is 390 g/mol. The molecule has 0 saturated carbocycles. The molecule has 2 aromatic heterocycles. The van der Waals surface area contributed by atoms with Gasteiger partial charge in [0.25, 0.3) is 11.8 Å². The minimum atomic E-state index is -0.528. The maximum atomic E-state index is 12.6. The SMILES string of the molecule is Cc1nn(Cc2ccccc2)c(Cl)c1C(=O)NNC(=O)c1c[nH]c2ccccc12. The molecule has 3 N–H and O–H groups in total. The first kappa shape index (κ1) is 18.8. The highest BCUT2D eigenvalue weighted by molar-refractivity contribution is 6.33. The van der Waals surface area contributed by atoms with Gasteiger partial charge in [-0.25, -0.2) is 4.68 Å². The number of hydrogen-bond donors (Lipinski definition) is 3. The van der Waals surface area contributed by atoms with Gasteiger partial charge in [0.1, 0.15) is 10.7 Å². The number of hydrazine groups is 1. The summed E-state index contributed by atoms with van der Waals surface area (Å²) in [6.07, 6.45) is 1.60. The molecule has 0 saturated heterocycles. The third-order valence-corrected chi connectivity index (χ3v) is 4.98. The van der Waals surface area contributed by atoms with Crippen LogP contribution in [-0.4, -0.2) is 26.6 Å². The van der Waals surface area contributed by atoms with Gasteiger partial charge >= 0.3 is 0 Å². The Kier molecular flexibility index (Phi) is 5.05. The third kappa shape index (κ3) is 3.72. The van der Waals surface area contributed by atoms with E-state index in [0.29, 0.717) is 17.8 Å². The van der Waals surface area contributed by atoms with Gasteiger partial charge in [-0.15, -0.1) is 0 Å². The van der Waals surface area contributed by atoms with Crippen molar-refractivity contribution in [3.8, 4) is 0 Å². The molecule has 8 heteroatoms. The Morgan fingerprint density at radius 2 is 1.72 bits per heavy atom. The summed E-state index contributed by atoms with van der Waals surface area (Å²) in [7, 11) is 0. The molecule has 7 nitrogen and oxygen atoms in total. The van der Waals surface area contributed by atoms with Gasteiger partial charge in [-0.2, -0.15) is 5.10 Å². The molecule has 2 heterocycles. The summed E-state index contributed by atoms with van der Waals surface area (Å²) >= 11 is 6.39. The van der Waals surface area contributed by atoms with Crippen LogP contribution in [0.4, 0.5) is 0 Å². The van der Waals surface area contributed by atoms with E-state index in [0.717, 1.165) is 16.5 Å². The number of hydrogen-bond acceptors (Lipinski definition) is 3. The second-order valence-electron chi connectivity index (χ2n) is 6.55. The van der Waals surface area contributed by atoms with Crippen molar-refractivity contribution in [2.24, 2.45) is 0 Å². The van der Waals surface area contributed by atoms with Gasteiger partial charge in [0.2, 0.25) is 0 Å². The summed E-state index contributed by atoms with van der Waals surface area (Å²) in [6.45, 7) is 2.14. The van der Waals surface area contributed by atoms with Crippen LogP contribution in [0.5, 0.6) is 0 Å². The standard InChI is InChI=1S/C21H18ClN5O2/c1-13-18(19(22)27(26-13)12-14-7-3-2-4-8-14)21(29)25-24-20(28)16-11-23-17-10-6-5-9-15(16)17/h2-11,23H,12H2,1H3,(H,24,28)(H,25,29). The third-order valence-electron chi connectivity index (χ3n) is 4.59. The van der Waals surface area contributed by atoms with E-state index in [2.05, 4.69) is 20.9 Å². The number of para-hydroxylation sites is 1. The first-order chi connectivity index (χ1) is 14.0. The van der Waals surface area contributed by atoms with E-state index >= 15 is 0 Å². The largest absolute Gasteiger partial charge is 0.360 e. The summed E-state index contributed by atoms with van der Waals surface area (Å²) in [5.41, 5.74) is 7.84. The Bertz CT molecular complexity index is 1200. The highest BCUT2D eigenvalue weighted by Gasteiger charge is 2.21. The number of carbonyl (C=O) groups is 2. The van der Waals surface area contributed by atoms with Crippen molar-refractivity contribution >= 4 is 34.3 Å². The van der Waals surface area contributed by atoms with Crippen LogP contribution in [0.2, 0.25) is 5.15 Å². The van der Waals surface area contributed by atoms with Crippen LogP contribution in [0.15, 0.2) is 60.8 Å². The average molecular weight is 408 g/mol. The van der Waals surface area contributed by atoms with Crippen molar-refractivity contribution in [1.29, 1.82) is 0 Å². The monoisotopic (exact) mass is 407 g/mol. The van der Waals surface area contributed by atoms with Crippen LogP contribution in [-0.2, 0) is 6.54 Å². The molecule has 29 heavy (non-hydrogen) atoms. The van der Waals surface area contributed by atoms with Gasteiger partial charge < -0.3 is 4.98 Å². The number of aromatic nitrogens is 3. The maximum absolute atomic E-state index is 12.6. The van der Waals surface area contributed by atoms with Crippen LogP contribution >= 0.6 is 11.6 Å². The number of rotatable bonds is 4. The molecular formula is C21H18ClN5O2. The number of nitrogens with zero attached hydrogens (tertiary/aromatic N) is 2. The van der Waals surface area contributed by atoms with Gasteiger partial charge in [-0.3, -0.25) is 20.4 Å². The lowest BCUT2D eigenvalue weighted by atomic mass is 10.2. The fourth-order valence-electron chi connectivity index (χ4n) is 3.18. The molecule has 146 valence electrons. The predicted octanol–water partition coefficient (Wildman–Crippen LogP) is 3.45. The van der Waals surface area contributed by atoms with Crippen LogP contribution in [0, 0.1) is 6.92 Å². The first-order valence-corrected chi connectivity index (χ1v) is 9.36. The topological polar surface area (TPSA) is 91.8 Å². The number of aryl methyl sites for hydroxylation is 1. The van der Waals surface area contributed by atoms with E-state index < -0.39 is 11.8 Å². The summed E-state index contributed by atoms with van der Waals surface area (Å²) < 4.78 is 1.56. The van der Waals surface area contributed by atoms with Crippen LogP contribution in [0.1, 0.15) is 32.0 Å². The summed E-state index contributed by atoms with van der Waals surface area (Å²) in [4.78, 5) is 28.1. The van der Waals surface area contributed by atoms with Gasteiger partial charge in [-0.05, 0) is 18.6 Å². The number of nitrogens with one attached hydrogen (secondary N) is 3. The normalized spacial score (nSPS) is 10.8. The fraction of sp³-hybridized carbons (Fsp3) is 0.0952. The number of fused-ring (bicyclic) bond motifs is 1. The maximum Gasteiger partial charge on any atom is 0.274 e. The zero-order chi connectivity index (χ0) is 20.4. The van der Waals surface area contributed by atoms with E-state index in [1.54, 1.807) is 17.8 Å². The molecule has 0 aliphatic heterocycles. The summed E-state index contributed by atoms with van der Waals surface area (Å²) in [5.74, 6) is -0.957. The molecule has 0 unspecified atom stereocenters. The van der Waals surface area contributed by atoms with Crippen molar-refractivity contribution < 1.29 is 9.59 Å². The molecule has 4 aromatic rings. The lowest BCUT2D eigenvalue weighted by Gasteiger charge is -2.07. The van der Waals surface area contributed by atoms with E-state index in [4.69, 9.17) is 11.6 Å². The summed E-state index contributed by atoms with van der Waals surface area (Å²) in [5, 5.41) is 5.33. The number of H-pyrrole nitrogens is 1. The molecule has 0 aliphatic rings. The van der Waals surface area contributed by atoms with E-state index in [1.807, 2.05) is 54.6 Å².